The smallest absolute Gasteiger partial charge is 0.347 e. The lowest BCUT2D eigenvalue weighted by Gasteiger charge is -2.13. The highest BCUT2D eigenvalue weighted by Gasteiger charge is 2.17. The van der Waals surface area contributed by atoms with Crippen LogP contribution >= 0.6 is 15.9 Å². The second-order valence-electron chi connectivity index (χ2n) is 3.49. The number of carbonyl (C=O) groups is 2. The molecule has 0 saturated heterocycles. The summed E-state index contributed by atoms with van der Waals surface area (Å²) in [6.45, 7) is 1.26. The van der Waals surface area contributed by atoms with Gasteiger partial charge in [0.15, 0.2) is 12.7 Å². The van der Waals surface area contributed by atoms with Crippen molar-refractivity contribution in [2.24, 2.45) is 0 Å². The topological polar surface area (TPSA) is 64.6 Å². The van der Waals surface area contributed by atoms with Crippen molar-refractivity contribution in [1.29, 1.82) is 0 Å². The summed E-state index contributed by atoms with van der Waals surface area (Å²) in [5.41, 5.74) is 0. The summed E-state index contributed by atoms with van der Waals surface area (Å²) in [5, 5.41) is 2.35. The number of hydrogen-bond acceptors (Lipinski definition) is 4. The van der Waals surface area contributed by atoms with E-state index in [4.69, 9.17) is 9.47 Å². The fourth-order valence-electron chi connectivity index (χ4n) is 1.09. The number of ether oxygens (including phenoxy) is 2. The summed E-state index contributed by atoms with van der Waals surface area (Å²) in [7, 11) is 1.47. The Balaban J connectivity index is 2.44. The van der Waals surface area contributed by atoms with Gasteiger partial charge in [0.2, 0.25) is 0 Å². The van der Waals surface area contributed by atoms with Crippen LogP contribution < -0.4 is 10.1 Å². The Morgan fingerprint density at radius 3 is 2.50 bits per heavy atom. The van der Waals surface area contributed by atoms with Crippen molar-refractivity contribution in [2.45, 2.75) is 13.0 Å². The molecule has 0 aromatic heterocycles. The Morgan fingerprint density at radius 1 is 1.33 bits per heavy atom. The quantitative estimate of drug-likeness (QED) is 0.836. The number of esters is 1. The molecule has 0 radical (unpaired) electrons. The standard InChI is InChI=1S/C12H14BrNO4/c1-8(12(16)17-7-11(15)14-2)18-10-5-3-9(13)4-6-10/h3-6,8H,7H2,1-2H3,(H,14,15)/t8-/m0/s1. The van der Waals surface area contributed by atoms with Crippen molar-refractivity contribution >= 4 is 27.8 Å². The molecule has 0 unspecified atom stereocenters. The van der Waals surface area contributed by atoms with E-state index in [0.29, 0.717) is 5.75 Å². The second-order valence-corrected chi connectivity index (χ2v) is 4.41. The van der Waals surface area contributed by atoms with E-state index in [-0.39, 0.29) is 12.5 Å². The summed E-state index contributed by atoms with van der Waals surface area (Å²) < 4.78 is 11.1. The molecule has 1 atom stereocenters. The number of rotatable bonds is 5. The predicted octanol–water partition coefficient (Wildman–Crippen LogP) is 1.51. The van der Waals surface area contributed by atoms with Gasteiger partial charge in [-0.05, 0) is 31.2 Å². The number of amides is 1. The molecule has 0 spiro atoms. The van der Waals surface area contributed by atoms with E-state index in [2.05, 4.69) is 21.2 Å². The molecule has 18 heavy (non-hydrogen) atoms. The zero-order valence-electron chi connectivity index (χ0n) is 10.1. The lowest BCUT2D eigenvalue weighted by atomic mass is 10.3. The molecule has 5 nitrogen and oxygen atoms in total. The molecule has 1 aromatic rings. The number of hydrogen-bond donors (Lipinski definition) is 1. The maximum absolute atomic E-state index is 11.5. The van der Waals surface area contributed by atoms with Crippen LogP contribution in [0, 0.1) is 0 Å². The van der Waals surface area contributed by atoms with Gasteiger partial charge < -0.3 is 14.8 Å². The highest BCUT2D eigenvalue weighted by molar-refractivity contribution is 9.10. The maximum Gasteiger partial charge on any atom is 0.347 e. The summed E-state index contributed by atoms with van der Waals surface area (Å²) in [6, 6.07) is 7.06. The molecule has 0 aliphatic rings. The van der Waals surface area contributed by atoms with Gasteiger partial charge in [-0.1, -0.05) is 15.9 Å². The highest BCUT2D eigenvalue weighted by atomic mass is 79.9. The van der Waals surface area contributed by atoms with E-state index >= 15 is 0 Å². The van der Waals surface area contributed by atoms with Gasteiger partial charge in [0.1, 0.15) is 5.75 Å². The van der Waals surface area contributed by atoms with Gasteiger partial charge in [0, 0.05) is 11.5 Å². The maximum atomic E-state index is 11.5. The molecule has 0 aliphatic heterocycles. The molecule has 1 aromatic carbocycles. The molecule has 1 rings (SSSR count). The van der Waals surface area contributed by atoms with E-state index in [1.807, 2.05) is 0 Å². The van der Waals surface area contributed by atoms with Crippen molar-refractivity contribution in [3.8, 4) is 5.75 Å². The minimum Gasteiger partial charge on any atom is -0.479 e. The van der Waals surface area contributed by atoms with Crippen LogP contribution in [0.4, 0.5) is 0 Å². The molecule has 98 valence electrons. The van der Waals surface area contributed by atoms with Gasteiger partial charge in [-0.15, -0.1) is 0 Å². The van der Waals surface area contributed by atoms with Gasteiger partial charge in [0.25, 0.3) is 5.91 Å². The first-order valence-corrected chi connectivity index (χ1v) is 6.11. The molecule has 0 heterocycles. The van der Waals surface area contributed by atoms with E-state index in [0.717, 1.165) is 4.47 Å². The molecule has 0 bridgehead atoms. The van der Waals surface area contributed by atoms with Crippen molar-refractivity contribution in [2.75, 3.05) is 13.7 Å². The first-order valence-electron chi connectivity index (χ1n) is 5.32. The van der Waals surface area contributed by atoms with Crippen LogP contribution in [0.3, 0.4) is 0 Å². The van der Waals surface area contributed by atoms with Gasteiger partial charge in [0.05, 0.1) is 0 Å². The monoisotopic (exact) mass is 315 g/mol. The average molecular weight is 316 g/mol. The van der Waals surface area contributed by atoms with E-state index in [9.17, 15) is 9.59 Å². The Morgan fingerprint density at radius 2 is 1.94 bits per heavy atom. The van der Waals surface area contributed by atoms with Crippen LogP contribution in [0.1, 0.15) is 6.92 Å². The third-order valence-electron chi connectivity index (χ3n) is 2.08. The minimum absolute atomic E-state index is 0.302. The number of nitrogens with one attached hydrogen (secondary N) is 1. The molecule has 6 heteroatoms. The van der Waals surface area contributed by atoms with Crippen molar-refractivity contribution in [3.63, 3.8) is 0 Å². The molecule has 1 amide bonds. The first-order chi connectivity index (χ1) is 8.52. The molecular weight excluding hydrogens is 302 g/mol. The van der Waals surface area contributed by atoms with Gasteiger partial charge >= 0.3 is 5.97 Å². The third kappa shape index (κ3) is 4.75. The lowest BCUT2D eigenvalue weighted by molar-refractivity contribution is -0.154. The van der Waals surface area contributed by atoms with E-state index < -0.39 is 12.1 Å². The zero-order chi connectivity index (χ0) is 13.5. The Bertz CT molecular complexity index is 419. The van der Waals surface area contributed by atoms with Gasteiger partial charge in [-0.2, -0.15) is 0 Å². The second kappa shape index (κ2) is 7.00. The Kier molecular flexibility index (Phi) is 5.64. The van der Waals surface area contributed by atoms with Crippen LogP contribution in [0.15, 0.2) is 28.7 Å². The van der Waals surface area contributed by atoms with E-state index in [1.165, 1.54) is 7.05 Å². The minimum atomic E-state index is -0.768. The van der Waals surface area contributed by atoms with Crippen LogP contribution in [0.2, 0.25) is 0 Å². The summed E-state index contributed by atoms with van der Waals surface area (Å²) in [6.07, 6.45) is -0.768. The molecule has 0 aliphatic carbocycles. The fraction of sp³-hybridized carbons (Fsp3) is 0.333. The Labute approximate surface area is 114 Å². The highest BCUT2D eigenvalue weighted by Crippen LogP contribution is 2.17. The van der Waals surface area contributed by atoms with Crippen molar-refractivity contribution in [1.82, 2.24) is 5.32 Å². The van der Waals surface area contributed by atoms with Crippen LogP contribution in [0.25, 0.3) is 0 Å². The first kappa shape index (κ1) is 14.5. The van der Waals surface area contributed by atoms with Crippen LogP contribution in [0.5, 0.6) is 5.75 Å². The van der Waals surface area contributed by atoms with Crippen molar-refractivity contribution in [3.05, 3.63) is 28.7 Å². The van der Waals surface area contributed by atoms with Gasteiger partial charge in [-0.25, -0.2) is 4.79 Å². The normalized spacial score (nSPS) is 11.5. The predicted molar refractivity (Wildman–Crippen MR) is 69.3 cm³/mol. The molecule has 0 saturated carbocycles. The SMILES string of the molecule is CNC(=O)COC(=O)[C@H](C)Oc1ccc(Br)cc1. The number of likely N-dealkylation sites (N-methyl/N-ethyl adjacent to an activating group) is 1. The third-order valence-corrected chi connectivity index (χ3v) is 2.61. The van der Waals surface area contributed by atoms with E-state index in [1.54, 1.807) is 31.2 Å². The number of benzene rings is 1. The fourth-order valence-corrected chi connectivity index (χ4v) is 1.36. The molecule has 0 fully saturated rings. The largest absolute Gasteiger partial charge is 0.479 e. The number of halogens is 1. The van der Waals surface area contributed by atoms with Crippen molar-refractivity contribution < 1.29 is 19.1 Å². The number of carbonyl (C=O) groups excluding carboxylic acids is 2. The summed E-state index contributed by atoms with van der Waals surface area (Å²) in [4.78, 5) is 22.4. The molecular formula is C12H14BrNO4. The summed E-state index contributed by atoms with van der Waals surface area (Å²) >= 11 is 3.30. The van der Waals surface area contributed by atoms with Gasteiger partial charge in [-0.3, -0.25) is 4.79 Å². The lowest BCUT2D eigenvalue weighted by Crippen LogP contribution is -2.31. The average Bonchev–Trinajstić information content (AvgIpc) is 2.38. The summed E-state index contributed by atoms with van der Waals surface area (Å²) in [5.74, 6) is -0.386. The Hall–Kier alpha value is -1.56. The van der Waals surface area contributed by atoms with Crippen LogP contribution in [-0.2, 0) is 14.3 Å². The zero-order valence-corrected chi connectivity index (χ0v) is 11.7. The molecule has 1 N–H and O–H groups in total. The van der Waals surface area contributed by atoms with Crippen LogP contribution in [-0.4, -0.2) is 31.6 Å².